The van der Waals surface area contributed by atoms with Crippen LogP contribution in [0.25, 0.3) is 11.3 Å². The van der Waals surface area contributed by atoms with Gasteiger partial charge in [0.25, 0.3) is 0 Å². The monoisotopic (exact) mass is 197 g/mol. The number of benzene rings is 1. The first kappa shape index (κ1) is 8.26. The SMILES string of the molecule is Fc1ccccc1-c1cc(Cl)on1. The second kappa shape index (κ2) is 3.18. The van der Waals surface area contributed by atoms with Gasteiger partial charge >= 0.3 is 0 Å². The first-order chi connectivity index (χ1) is 6.27. The Morgan fingerprint density at radius 1 is 1.31 bits per heavy atom. The fourth-order valence-corrected chi connectivity index (χ4v) is 1.19. The summed E-state index contributed by atoms with van der Waals surface area (Å²) in [6, 6.07) is 7.78. The van der Waals surface area contributed by atoms with Gasteiger partial charge in [0.05, 0.1) is 0 Å². The molecule has 66 valence electrons. The first-order valence-corrected chi connectivity index (χ1v) is 4.02. The number of hydrogen-bond acceptors (Lipinski definition) is 2. The summed E-state index contributed by atoms with van der Waals surface area (Å²) in [5.74, 6) is -0.340. The second-order valence-corrected chi connectivity index (χ2v) is 2.87. The van der Waals surface area contributed by atoms with Crippen LogP contribution in [0.5, 0.6) is 0 Å². The Morgan fingerprint density at radius 3 is 2.69 bits per heavy atom. The minimum Gasteiger partial charge on any atom is -0.344 e. The zero-order chi connectivity index (χ0) is 9.26. The summed E-state index contributed by atoms with van der Waals surface area (Å²) in [7, 11) is 0. The van der Waals surface area contributed by atoms with E-state index >= 15 is 0 Å². The lowest BCUT2D eigenvalue weighted by Gasteiger charge is -1.95. The van der Waals surface area contributed by atoms with E-state index in [1.165, 1.54) is 12.1 Å². The van der Waals surface area contributed by atoms with Crippen molar-refractivity contribution >= 4 is 11.6 Å². The van der Waals surface area contributed by atoms with Crippen LogP contribution in [0.1, 0.15) is 0 Å². The van der Waals surface area contributed by atoms with Gasteiger partial charge in [-0.25, -0.2) is 4.39 Å². The molecular formula is C9H5ClFNO. The Balaban J connectivity index is 2.52. The number of rotatable bonds is 1. The Hall–Kier alpha value is -1.35. The molecule has 0 saturated carbocycles. The second-order valence-electron chi connectivity index (χ2n) is 2.50. The molecule has 0 atom stereocenters. The summed E-state index contributed by atoms with van der Waals surface area (Å²) in [5, 5.41) is 3.75. The van der Waals surface area contributed by atoms with E-state index in [-0.39, 0.29) is 11.0 Å². The van der Waals surface area contributed by atoms with Crippen molar-refractivity contribution in [3.8, 4) is 11.3 Å². The molecule has 2 nitrogen and oxygen atoms in total. The summed E-state index contributed by atoms with van der Waals surface area (Å²) in [6.45, 7) is 0. The fraction of sp³-hybridized carbons (Fsp3) is 0. The molecule has 2 rings (SSSR count). The van der Waals surface area contributed by atoms with Gasteiger partial charge in [0.1, 0.15) is 11.5 Å². The molecule has 0 radical (unpaired) electrons. The number of hydrogen-bond donors (Lipinski definition) is 0. The van der Waals surface area contributed by atoms with Gasteiger partial charge in [-0.05, 0) is 23.7 Å². The average Bonchev–Trinajstić information content (AvgIpc) is 2.53. The van der Waals surface area contributed by atoms with Gasteiger partial charge in [0.2, 0.25) is 5.22 Å². The summed E-state index contributed by atoms with van der Waals surface area (Å²) >= 11 is 5.51. The maximum absolute atomic E-state index is 13.2. The van der Waals surface area contributed by atoms with Crippen LogP contribution in [0.2, 0.25) is 5.22 Å². The van der Waals surface area contributed by atoms with Crippen LogP contribution in [-0.2, 0) is 0 Å². The van der Waals surface area contributed by atoms with E-state index in [0.29, 0.717) is 11.3 Å². The van der Waals surface area contributed by atoms with Gasteiger partial charge in [-0.15, -0.1) is 0 Å². The van der Waals surface area contributed by atoms with Gasteiger partial charge < -0.3 is 4.52 Å². The van der Waals surface area contributed by atoms with Crippen molar-refractivity contribution in [2.24, 2.45) is 0 Å². The van der Waals surface area contributed by atoms with E-state index in [2.05, 4.69) is 9.68 Å². The van der Waals surface area contributed by atoms with Crippen LogP contribution < -0.4 is 0 Å². The minimum atomic E-state index is -0.340. The number of halogens is 2. The Labute approximate surface area is 78.9 Å². The number of aromatic nitrogens is 1. The fourth-order valence-electron chi connectivity index (χ4n) is 1.05. The minimum absolute atomic E-state index is 0.151. The maximum atomic E-state index is 13.2. The van der Waals surface area contributed by atoms with Gasteiger partial charge in [-0.3, -0.25) is 0 Å². The Morgan fingerprint density at radius 2 is 2.08 bits per heavy atom. The van der Waals surface area contributed by atoms with E-state index in [1.54, 1.807) is 18.2 Å². The maximum Gasteiger partial charge on any atom is 0.226 e. The van der Waals surface area contributed by atoms with Gasteiger partial charge in [0.15, 0.2) is 0 Å². The van der Waals surface area contributed by atoms with Crippen molar-refractivity contribution in [1.29, 1.82) is 0 Å². The van der Waals surface area contributed by atoms with Crippen molar-refractivity contribution in [2.75, 3.05) is 0 Å². The van der Waals surface area contributed by atoms with Crippen molar-refractivity contribution < 1.29 is 8.91 Å². The van der Waals surface area contributed by atoms with Gasteiger partial charge in [-0.2, -0.15) is 0 Å². The lowest BCUT2D eigenvalue weighted by Crippen LogP contribution is -1.81. The molecule has 0 unspecified atom stereocenters. The topological polar surface area (TPSA) is 26.0 Å². The quantitative estimate of drug-likeness (QED) is 0.702. The molecule has 1 aromatic heterocycles. The molecule has 4 heteroatoms. The van der Waals surface area contributed by atoms with E-state index in [4.69, 9.17) is 11.6 Å². The lowest BCUT2D eigenvalue weighted by atomic mass is 10.1. The third-order valence-corrected chi connectivity index (χ3v) is 1.81. The normalized spacial score (nSPS) is 10.3. The smallest absolute Gasteiger partial charge is 0.226 e. The largest absolute Gasteiger partial charge is 0.344 e. The molecule has 0 amide bonds. The van der Waals surface area contributed by atoms with Crippen LogP contribution in [0.15, 0.2) is 34.9 Å². The summed E-state index contributed by atoms with van der Waals surface area (Å²) in [5.41, 5.74) is 0.793. The Bertz CT molecular complexity index is 427. The third kappa shape index (κ3) is 1.55. The highest BCUT2D eigenvalue weighted by molar-refractivity contribution is 6.29. The van der Waals surface area contributed by atoms with Crippen LogP contribution in [0, 0.1) is 5.82 Å². The lowest BCUT2D eigenvalue weighted by molar-refractivity contribution is 0.423. The van der Waals surface area contributed by atoms with Gasteiger partial charge in [-0.1, -0.05) is 17.3 Å². The predicted molar refractivity (Wildman–Crippen MR) is 46.9 cm³/mol. The highest BCUT2D eigenvalue weighted by Crippen LogP contribution is 2.23. The predicted octanol–water partition coefficient (Wildman–Crippen LogP) is 3.13. The molecule has 1 heterocycles. The van der Waals surface area contributed by atoms with Crippen molar-refractivity contribution in [2.45, 2.75) is 0 Å². The molecule has 1 aromatic carbocycles. The zero-order valence-electron chi connectivity index (χ0n) is 6.50. The van der Waals surface area contributed by atoms with Crippen LogP contribution in [0.3, 0.4) is 0 Å². The van der Waals surface area contributed by atoms with Crippen molar-refractivity contribution in [3.63, 3.8) is 0 Å². The van der Waals surface area contributed by atoms with Crippen LogP contribution in [-0.4, -0.2) is 5.16 Å². The molecule has 2 aromatic rings. The molecule has 0 spiro atoms. The zero-order valence-corrected chi connectivity index (χ0v) is 7.25. The molecule has 0 aliphatic carbocycles. The van der Waals surface area contributed by atoms with Crippen LogP contribution in [0.4, 0.5) is 4.39 Å². The molecule has 0 aliphatic heterocycles. The van der Waals surface area contributed by atoms with Gasteiger partial charge in [0, 0.05) is 11.6 Å². The van der Waals surface area contributed by atoms with E-state index in [9.17, 15) is 4.39 Å². The van der Waals surface area contributed by atoms with Crippen molar-refractivity contribution in [1.82, 2.24) is 5.16 Å². The summed E-state index contributed by atoms with van der Waals surface area (Å²) < 4.78 is 17.8. The standard InChI is InChI=1S/C9H5ClFNO/c10-9-5-8(12-13-9)6-3-1-2-4-7(6)11/h1-5H. The molecule has 0 N–H and O–H groups in total. The highest BCUT2D eigenvalue weighted by Gasteiger charge is 2.08. The van der Waals surface area contributed by atoms with E-state index < -0.39 is 0 Å². The average molecular weight is 198 g/mol. The van der Waals surface area contributed by atoms with Crippen LogP contribution >= 0.6 is 11.6 Å². The first-order valence-electron chi connectivity index (χ1n) is 3.64. The highest BCUT2D eigenvalue weighted by atomic mass is 35.5. The molecular weight excluding hydrogens is 193 g/mol. The number of nitrogens with zero attached hydrogens (tertiary/aromatic N) is 1. The van der Waals surface area contributed by atoms with E-state index in [1.807, 2.05) is 0 Å². The molecule has 0 bridgehead atoms. The molecule has 0 saturated heterocycles. The molecule has 0 fully saturated rings. The summed E-state index contributed by atoms with van der Waals surface area (Å²) in [6.07, 6.45) is 0. The Kier molecular flexibility index (Phi) is 2.02. The van der Waals surface area contributed by atoms with E-state index in [0.717, 1.165) is 0 Å². The third-order valence-electron chi connectivity index (χ3n) is 1.63. The summed E-state index contributed by atoms with van der Waals surface area (Å²) in [4.78, 5) is 0. The molecule has 13 heavy (non-hydrogen) atoms. The van der Waals surface area contributed by atoms with Crippen molar-refractivity contribution in [3.05, 3.63) is 41.4 Å². The molecule has 0 aliphatic rings.